The van der Waals surface area contributed by atoms with Crippen LogP contribution >= 0.6 is 23.4 Å². The van der Waals surface area contributed by atoms with Crippen molar-refractivity contribution in [2.24, 2.45) is 0 Å². The van der Waals surface area contributed by atoms with Crippen LogP contribution in [0.3, 0.4) is 0 Å². The zero-order valence-corrected chi connectivity index (χ0v) is 11.8. The molecule has 0 aliphatic rings. The molecule has 0 saturated heterocycles. The molecular weight excluding hydrogens is 280 g/mol. The lowest BCUT2D eigenvalue weighted by molar-refractivity contribution is -0.133. The van der Waals surface area contributed by atoms with Crippen LogP contribution in [0.1, 0.15) is 6.42 Å². The SMILES string of the molecule is O=C(CCSc1ccccc1)Oc1ccc(Cl)cc1. The fraction of sp³-hybridized carbons (Fsp3) is 0.133. The fourth-order valence-electron chi connectivity index (χ4n) is 1.45. The molecule has 0 amide bonds. The molecule has 0 unspecified atom stereocenters. The molecule has 0 fully saturated rings. The van der Waals surface area contributed by atoms with Crippen LogP contribution in [0.25, 0.3) is 0 Å². The molecule has 0 aromatic heterocycles. The highest BCUT2D eigenvalue weighted by Gasteiger charge is 2.05. The quantitative estimate of drug-likeness (QED) is 0.463. The molecule has 4 heteroatoms. The zero-order chi connectivity index (χ0) is 13.5. The second-order valence-electron chi connectivity index (χ2n) is 3.84. The van der Waals surface area contributed by atoms with E-state index in [2.05, 4.69) is 0 Å². The maximum atomic E-state index is 11.6. The van der Waals surface area contributed by atoms with E-state index in [1.54, 1.807) is 36.0 Å². The summed E-state index contributed by atoms with van der Waals surface area (Å²) >= 11 is 7.40. The first-order valence-electron chi connectivity index (χ1n) is 5.88. The third-order valence-corrected chi connectivity index (χ3v) is 3.63. The second kappa shape index (κ2) is 7.22. The van der Waals surface area contributed by atoms with Gasteiger partial charge in [-0.15, -0.1) is 11.8 Å². The summed E-state index contributed by atoms with van der Waals surface area (Å²) in [6.07, 6.45) is 0.377. The van der Waals surface area contributed by atoms with E-state index in [0.717, 1.165) is 4.90 Å². The predicted octanol–water partition coefficient (Wildman–Crippen LogP) is 4.43. The number of carbonyl (C=O) groups is 1. The minimum Gasteiger partial charge on any atom is -0.427 e. The number of hydrogen-bond donors (Lipinski definition) is 0. The van der Waals surface area contributed by atoms with Gasteiger partial charge in [0.2, 0.25) is 0 Å². The van der Waals surface area contributed by atoms with Gasteiger partial charge in [0.15, 0.2) is 0 Å². The number of rotatable bonds is 5. The first kappa shape index (κ1) is 14.0. The molecule has 2 aromatic rings. The largest absolute Gasteiger partial charge is 0.427 e. The Bertz CT molecular complexity index is 526. The smallest absolute Gasteiger partial charge is 0.312 e. The average Bonchev–Trinajstić information content (AvgIpc) is 2.43. The molecule has 2 nitrogen and oxygen atoms in total. The van der Waals surface area contributed by atoms with Gasteiger partial charge in [0.25, 0.3) is 0 Å². The van der Waals surface area contributed by atoms with E-state index >= 15 is 0 Å². The maximum absolute atomic E-state index is 11.6. The Morgan fingerprint density at radius 1 is 1.05 bits per heavy atom. The summed E-state index contributed by atoms with van der Waals surface area (Å²) < 4.78 is 5.20. The Kier molecular flexibility index (Phi) is 5.31. The molecular formula is C15H13ClO2S. The van der Waals surface area contributed by atoms with Crippen molar-refractivity contribution in [2.45, 2.75) is 11.3 Å². The molecule has 0 radical (unpaired) electrons. The average molecular weight is 293 g/mol. The Morgan fingerprint density at radius 2 is 1.74 bits per heavy atom. The van der Waals surface area contributed by atoms with Crippen molar-refractivity contribution in [1.29, 1.82) is 0 Å². The summed E-state index contributed by atoms with van der Waals surface area (Å²) in [5.74, 6) is 1.00. The van der Waals surface area contributed by atoms with Gasteiger partial charge in [0, 0.05) is 15.7 Å². The lowest BCUT2D eigenvalue weighted by Gasteiger charge is -2.04. The van der Waals surface area contributed by atoms with Crippen LogP contribution in [-0.4, -0.2) is 11.7 Å². The van der Waals surface area contributed by atoms with Crippen LogP contribution in [0.15, 0.2) is 59.5 Å². The minimum absolute atomic E-state index is 0.231. The number of ether oxygens (including phenoxy) is 1. The third kappa shape index (κ3) is 4.97. The Hall–Kier alpha value is -1.45. The summed E-state index contributed by atoms with van der Waals surface area (Å²) in [6.45, 7) is 0. The molecule has 0 atom stereocenters. The van der Waals surface area contributed by atoms with Gasteiger partial charge in [0.05, 0.1) is 6.42 Å². The second-order valence-corrected chi connectivity index (χ2v) is 5.44. The molecule has 0 aliphatic heterocycles. The van der Waals surface area contributed by atoms with Crippen molar-refractivity contribution in [1.82, 2.24) is 0 Å². The number of carbonyl (C=O) groups excluding carboxylic acids is 1. The fourth-order valence-corrected chi connectivity index (χ4v) is 2.43. The topological polar surface area (TPSA) is 26.3 Å². The lowest BCUT2D eigenvalue weighted by atomic mass is 10.3. The number of hydrogen-bond acceptors (Lipinski definition) is 3. The van der Waals surface area contributed by atoms with Crippen LogP contribution < -0.4 is 4.74 Å². The molecule has 2 aromatic carbocycles. The molecule has 0 aliphatic carbocycles. The first-order chi connectivity index (χ1) is 9.24. The van der Waals surface area contributed by atoms with Crippen molar-refractivity contribution in [3.63, 3.8) is 0 Å². The normalized spacial score (nSPS) is 10.2. The summed E-state index contributed by atoms with van der Waals surface area (Å²) in [7, 11) is 0. The van der Waals surface area contributed by atoms with Gasteiger partial charge < -0.3 is 4.74 Å². The molecule has 98 valence electrons. The standard InChI is InChI=1S/C15H13ClO2S/c16-12-6-8-13(9-7-12)18-15(17)10-11-19-14-4-2-1-3-5-14/h1-9H,10-11H2. The number of thioether (sulfide) groups is 1. The third-order valence-electron chi connectivity index (χ3n) is 2.36. The molecule has 0 bridgehead atoms. The van der Waals surface area contributed by atoms with Gasteiger partial charge in [-0.2, -0.15) is 0 Å². The lowest BCUT2D eigenvalue weighted by Crippen LogP contribution is -2.08. The van der Waals surface area contributed by atoms with Crippen LogP contribution in [0.5, 0.6) is 5.75 Å². The van der Waals surface area contributed by atoms with Crippen LogP contribution in [0, 0.1) is 0 Å². The van der Waals surface area contributed by atoms with E-state index in [9.17, 15) is 4.79 Å². The van der Waals surface area contributed by atoms with E-state index in [4.69, 9.17) is 16.3 Å². The van der Waals surface area contributed by atoms with Crippen molar-refractivity contribution >= 4 is 29.3 Å². The summed E-state index contributed by atoms with van der Waals surface area (Å²) in [5, 5.41) is 0.624. The summed E-state index contributed by atoms with van der Waals surface area (Å²) in [4.78, 5) is 12.8. The molecule has 0 spiro atoms. The van der Waals surface area contributed by atoms with E-state index in [0.29, 0.717) is 22.9 Å². The highest BCUT2D eigenvalue weighted by molar-refractivity contribution is 7.99. The highest BCUT2D eigenvalue weighted by Crippen LogP contribution is 2.19. The summed E-state index contributed by atoms with van der Waals surface area (Å²) in [5.41, 5.74) is 0. The first-order valence-corrected chi connectivity index (χ1v) is 7.24. The van der Waals surface area contributed by atoms with E-state index in [1.165, 1.54) is 0 Å². The number of halogens is 1. The van der Waals surface area contributed by atoms with Gasteiger partial charge in [0.1, 0.15) is 5.75 Å². The van der Waals surface area contributed by atoms with E-state index < -0.39 is 0 Å². The Morgan fingerprint density at radius 3 is 2.42 bits per heavy atom. The summed E-state index contributed by atoms with van der Waals surface area (Å²) in [6, 6.07) is 16.7. The molecule has 0 heterocycles. The Balaban J connectivity index is 1.74. The van der Waals surface area contributed by atoms with Gasteiger partial charge in [-0.3, -0.25) is 4.79 Å². The van der Waals surface area contributed by atoms with E-state index in [1.807, 2.05) is 30.3 Å². The monoisotopic (exact) mass is 292 g/mol. The predicted molar refractivity (Wildman–Crippen MR) is 78.9 cm³/mol. The molecule has 2 rings (SSSR count). The van der Waals surface area contributed by atoms with Gasteiger partial charge in [-0.1, -0.05) is 29.8 Å². The van der Waals surface area contributed by atoms with Crippen LogP contribution in [0.4, 0.5) is 0 Å². The van der Waals surface area contributed by atoms with E-state index in [-0.39, 0.29) is 5.97 Å². The van der Waals surface area contributed by atoms with Gasteiger partial charge in [-0.25, -0.2) is 0 Å². The van der Waals surface area contributed by atoms with Crippen molar-refractivity contribution < 1.29 is 9.53 Å². The van der Waals surface area contributed by atoms with Crippen molar-refractivity contribution in [2.75, 3.05) is 5.75 Å². The van der Waals surface area contributed by atoms with Gasteiger partial charge in [-0.05, 0) is 36.4 Å². The van der Waals surface area contributed by atoms with Crippen molar-refractivity contribution in [3.8, 4) is 5.75 Å². The highest BCUT2D eigenvalue weighted by atomic mass is 35.5. The molecule has 19 heavy (non-hydrogen) atoms. The molecule has 0 N–H and O–H groups in total. The van der Waals surface area contributed by atoms with Crippen LogP contribution in [0.2, 0.25) is 5.02 Å². The van der Waals surface area contributed by atoms with Gasteiger partial charge >= 0.3 is 5.97 Å². The van der Waals surface area contributed by atoms with Crippen molar-refractivity contribution in [3.05, 3.63) is 59.6 Å². The molecule has 0 saturated carbocycles. The maximum Gasteiger partial charge on any atom is 0.312 e. The minimum atomic E-state index is -0.231. The number of benzene rings is 2. The van der Waals surface area contributed by atoms with Crippen LogP contribution in [-0.2, 0) is 4.79 Å². The zero-order valence-electron chi connectivity index (χ0n) is 10.2. The Labute approximate surface area is 121 Å². The number of esters is 1.